The molecule has 1 saturated carbocycles. The van der Waals surface area contributed by atoms with Gasteiger partial charge in [0.05, 0.1) is 5.60 Å². The molecular weight excluding hydrogens is 174 g/mol. The minimum Gasteiger partial charge on any atom is -0.390 e. The minimum absolute atomic E-state index is 0. The van der Waals surface area contributed by atoms with Gasteiger partial charge >= 0.3 is 0 Å². The summed E-state index contributed by atoms with van der Waals surface area (Å²) >= 11 is 0. The van der Waals surface area contributed by atoms with Crippen LogP contribution in [-0.4, -0.2) is 23.8 Å². The molecule has 2 rings (SSSR count). The number of fused-ring (bicyclic) bond motifs is 1. The Labute approximate surface area is 80.1 Å². The largest absolute Gasteiger partial charge is 0.390 e. The van der Waals surface area contributed by atoms with E-state index in [9.17, 15) is 5.11 Å². The van der Waals surface area contributed by atoms with E-state index in [2.05, 4.69) is 5.32 Å². The summed E-state index contributed by atoms with van der Waals surface area (Å²) in [5.74, 6) is 0.546. The van der Waals surface area contributed by atoms with Crippen LogP contribution < -0.4 is 5.32 Å². The second kappa shape index (κ2) is 3.95. The Hall–Kier alpha value is 0.210. The zero-order valence-electron chi connectivity index (χ0n) is 7.38. The fourth-order valence-electron chi connectivity index (χ4n) is 2.50. The molecule has 2 N–H and O–H groups in total. The minimum atomic E-state index is -0.288. The van der Waals surface area contributed by atoms with Crippen LogP contribution in [0.2, 0.25) is 0 Å². The van der Waals surface area contributed by atoms with Crippen molar-refractivity contribution in [2.75, 3.05) is 13.1 Å². The molecule has 2 nitrogen and oxygen atoms in total. The highest BCUT2D eigenvalue weighted by Crippen LogP contribution is 2.37. The van der Waals surface area contributed by atoms with E-state index >= 15 is 0 Å². The molecule has 2 fully saturated rings. The highest BCUT2D eigenvalue weighted by Gasteiger charge is 2.39. The highest BCUT2D eigenvalue weighted by molar-refractivity contribution is 5.85. The molecule has 72 valence electrons. The summed E-state index contributed by atoms with van der Waals surface area (Å²) < 4.78 is 0. The maximum absolute atomic E-state index is 10.2. The van der Waals surface area contributed by atoms with Gasteiger partial charge in [-0.05, 0) is 25.8 Å². The maximum Gasteiger partial charge on any atom is 0.0700 e. The maximum atomic E-state index is 10.2. The molecule has 1 aliphatic heterocycles. The summed E-state index contributed by atoms with van der Waals surface area (Å²) in [5.41, 5.74) is -0.288. The van der Waals surface area contributed by atoms with Gasteiger partial charge < -0.3 is 10.4 Å². The third-order valence-corrected chi connectivity index (χ3v) is 3.30. The van der Waals surface area contributed by atoms with E-state index in [1.165, 1.54) is 19.3 Å². The lowest BCUT2D eigenvalue weighted by Crippen LogP contribution is -2.51. The summed E-state index contributed by atoms with van der Waals surface area (Å²) in [6.07, 6.45) is 5.78. The molecule has 0 aromatic rings. The Balaban J connectivity index is 0.000000720. The SMILES string of the molecule is Cl.O[C@@]12CCCC[C@@H]1CNCC2. The van der Waals surface area contributed by atoms with Crippen molar-refractivity contribution < 1.29 is 5.11 Å². The molecule has 2 atom stereocenters. The number of aliphatic hydroxyl groups is 1. The van der Waals surface area contributed by atoms with E-state index in [1.54, 1.807) is 0 Å². The highest BCUT2D eigenvalue weighted by atomic mass is 35.5. The fraction of sp³-hybridized carbons (Fsp3) is 1.00. The molecule has 0 spiro atoms. The quantitative estimate of drug-likeness (QED) is 0.606. The van der Waals surface area contributed by atoms with E-state index in [-0.39, 0.29) is 18.0 Å². The first-order chi connectivity index (χ1) is 5.31. The Morgan fingerprint density at radius 1 is 1.25 bits per heavy atom. The van der Waals surface area contributed by atoms with Gasteiger partial charge in [-0.25, -0.2) is 0 Å². The predicted octanol–water partition coefficient (Wildman–Crippen LogP) is 1.32. The normalized spacial score (nSPS) is 41.2. The molecule has 1 saturated heterocycles. The summed E-state index contributed by atoms with van der Waals surface area (Å²) in [7, 11) is 0. The lowest BCUT2D eigenvalue weighted by atomic mass is 9.72. The van der Waals surface area contributed by atoms with Gasteiger partial charge in [0.2, 0.25) is 0 Å². The fourth-order valence-corrected chi connectivity index (χ4v) is 2.50. The number of hydrogen-bond donors (Lipinski definition) is 2. The molecule has 1 heterocycles. The van der Waals surface area contributed by atoms with Crippen molar-refractivity contribution >= 4 is 12.4 Å². The van der Waals surface area contributed by atoms with Gasteiger partial charge in [-0.3, -0.25) is 0 Å². The molecule has 2 aliphatic rings. The lowest BCUT2D eigenvalue weighted by molar-refractivity contribution is -0.0671. The van der Waals surface area contributed by atoms with Crippen molar-refractivity contribution in [1.82, 2.24) is 5.32 Å². The number of halogens is 1. The number of rotatable bonds is 0. The number of nitrogens with one attached hydrogen (secondary N) is 1. The summed E-state index contributed by atoms with van der Waals surface area (Å²) in [6.45, 7) is 2.05. The first-order valence-corrected chi connectivity index (χ1v) is 4.74. The van der Waals surface area contributed by atoms with Crippen LogP contribution >= 0.6 is 12.4 Å². The van der Waals surface area contributed by atoms with Crippen molar-refractivity contribution in [3.05, 3.63) is 0 Å². The molecule has 0 amide bonds. The molecule has 12 heavy (non-hydrogen) atoms. The van der Waals surface area contributed by atoms with Crippen LogP contribution in [0, 0.1) is 5.92 Å². The first-order valence-electron chi connectivity index (χ1n) is 4.74. The second-order valence-electron chi connectivity index (χ2n) is 4.00. The summed E-state index contributed by atoms with van der Waals surface area (Å²) in [6, 6.07) is 0. The van der Waals surface area contributed by atoms with Crippen LogP contribution in [0.15, 0.2) is 0 Å². The molecule has 0 unspecified atom stereocenters. The average Bonchev–Trinajstić information content (AvgIpc) is 2.03. The molecule has 1 aliphatic carbocycles. The Morgan fingerprint density at radius 2 is 2.08 bits per heavy atom. The van der Waals surface area contributed by atoms with Crippen molar-refractivity contribution in [1.29, 1.82) is 0 Å². The molecule has 0 bridgehead atoms. The molecule has 0 radical (unpaired) electrons. The monoisotopic (exact) mass is 191 g/mol. The van der Waals surface area contributed by atoms with Gasteiger partial charge in [0, 0.05) is 12.5 Å². The molecular formula is C9H18ClNO. The standard InChI is InChI=1S/C9H17NO.ClH/c11-9-4-2-1-3-8(9)7-10-6-5-9;/h8,10-11H,1-7H2;1H/t8-,9-;/m1./s1. The molecule has 3 heteroatoms. The Kier molecular flexibility index (Phi) is 3.38. The average molecular weight is 192 g/mol. The molecule has 0 aromatic heterocycles. The van der Waals surface area contributed by atoms with Gasteiger partial charge in [0.1, 0.15) is 0 Å². The predicted molar refractivity (Wildman–Crippen MR) is 51.6 cm³/mol. The van der Waals surface area contributed by atoms with Crippen molar-refractivity contribution in [3.63, 3.8) is 0 Å². The Morgan fingerprint density at radius 3 is 2.83 bits per heavy atom. The lowest BCUT2D eigenvalue weighted by Gasteiger charge is -2.43. The van der Waals surface area contributed by atoms with E-state index in [1.807, 2.05) is 0 Å². The third kappa shape index (κ3) is 1.76. The van der Waals surface area contributed by atoms with E-state index < -0.39 is 0 Å². The van der Waals surface area contributed by atoms with Crippen LogP contribution in [0.3, 0.4) is 0 Å². The summed E-state index contributed by atoms with van der Waals surface area (Å²) in [5, 5.41) is 13.5. The van der Waals surface area contributed by atoms with Gasteiger partial charge in [-0.2, -0.15) is 0 Å². The van der Waals surface area contributed by atoms with Crippen LogP contribution in [0.25, 0.3) is 0 Å². The Bertz CT molecular complexity index is 139. The van der Waals surface area contributed by atoms with Gasteiger partial charge in [0.15, 0.2) is 0 Å². The van der Waals surface area contributed by atoms with E-state index in [0.717, 1.165) is 25.9 Å². The summed E-state index contributed by atoms with van der Waals surface area (Å²) in [4.78, 5) is 0. The van der Waals surface area contributed by atoms with Crippen LogP contribution in [0.4, 0.5) is 0 Å². The van der Waals surface area contributed by atoms with Crippen LogP contribution in [-0.2, 0) is 0 Å². The van der Waals surface area contributed by atoms with Crippen molar-refractivity contribution in [3.8, 4) is 0 Å². The van der Waals surface area contributed by atoms with Crippen LogP contribution in [0.5, 0.6) is 0 Å². The van der Waals surface area contributed by atoms with Crippen LogP contribution in [0.1, 0.15) is 32.1 Å². The smallest absolute Gasteiger partial charge is 0.0700 e. The van der Waals surface area contributed by atoms with E-state index in [0.29, 0.717) is 5.92 Å². The zero-order valence-corrected chi connectivity index (χ0v) is 8.20. The van der Waals surface area contributed by atoms with Gasteiger partial charge in [-0.1, -0.05) is 12.8 Å². The van der Waals surface area contributed by atoms with Gasteiger partial charge in [-0.15, -0.1) is 12.4 Å². The third-order valence-electron chi connectivity index (χ3n) is 3.30. The zero-order chi connectivity index (χ0) is 7.73. The van der Waals surface area contributed by atoms with Crippen molar-refractivity contribution in [2.24, 2.45) is 5.92 Å². The molecule has 0 aromatic carbocycles. The number of hydrogen-bond acceptors (Lipinski definition) is 2. The first kappa shape index (κ1) is 10.3. The topological polar surface area (TPSA) is 32.3 Å². The van der Waals surface area contributed by atoms with E-state index in [4.69, 9.17) is 0 Å². The number of piperidine rings is 1. The van der Waals surface area contributed by atoms with Crippen molar-refractivity contribution in [2.45, 2.75) is 37.7 Å². The second-order valence-corrected chi connectivity index (χ2v) is 4.00. The van der Waals surface area contributed by atoms with Gasteiger partial charge in [0.25, 0.3) is 0 Å².